The maximum absolute atomic E-state index is 12.0. The predicted octanol–water partition coefficient (Wildman–Crippen LogP) is 11.8. The summed E-state index contributed by atoms with van der Waals surface area (Å²) in [5, 5.41) is 0. The number of rotatable bonds is 30. The number of phosphoric acid groups is 1. The molecule has 0 atom stereocenters. The molecule has 0 unspecified atom stereocenters. The smallest absolute Gasteiger partial charge is 0.303 e. The summed E-state index contributed by atoms with van der Waals surface area (Å²) in [6.45, 7) is 6.74. The molecule has 0 heterocycles. The first kappa shape index (κ1) is 37.1. The molecule has 0 amide bonds. The topological polar surface area (TPSA) is 66.8 Å². The molecule has 224 valence electrons. The second-order valence-electron chi connectivity index (χ2n) is 11.8. The van der Waals surface area contributed by atoms with Gasteiger partial charge in [0.05, 0.1) is 5.60 Å². The maximum Gasteiger partial charge on any atom is 0.470 e. The van der Waals surface area contributed by atoms with Gasteiger partial charge < -0.3 is 9.79 Å². The second kappa shape index (κ2) is 26.3. The molecule has 0 aliphatic carbocycles. The summed E-state index contributed by atoms with van der Waals surface area (Å²) in [6.07, 6.45) is 33.7. The van der Waals surface area contributed by atoms with Crippen LogP contribution in [0.25, 0.3) is 0 Å². The number of hydrogen-bond acceptors (Lipinski definition) is 2. The molecule has 2 N–H and O–H groups in total. The zero-order valence-corrected chi connectivity index (χ0v) is 26.4. The van der Waals surface area contributed by atoms with E-state index in [2.05, 4.69) is 20.8 Å². The number of phosphoric ester groups is 1. The average Bonchev–Trinajstić information content (AvgIpc) is 2.85. The van der Waals surface area contributed by atoms with Gasteiger partial charge in [0.15, 0.2) is 0 Å². The van der Waals surface area contributed by atoms with Crippen LogP contribution >= 0.6 is 7.82 Å². The van der Waals surface area contributed by atoms with Crippen molar-refractivity contribution < 1.29 is 18.9 Å². The average molecular weight is 547 g/mol. The molecule has 0 radical (unpaired) electrons. The van der Waals surface area contributed by atoms with Gasteiger partial charge in [0.2, 0.25) is 0 Å². The molecule has 0 bridgehead atoms. The van der Waals surface area contributed by atoms with E-state index >= 15 is 0 Å². The Labute approximate surface area is 232 Å². The van der Waals surface area contributed by atoms with E-state index in [0.29, 0.717) is 0 Å². The van der Waals surface area contributed by atoms with Crippen molar-refractivity contribution in [1.82, 2.24) is 0 Å². The van der Waals surface area contributed by atoms with Crippen molar-refractivity contribution in [2.24, 2.45) is 0 Å². The lowest BCUT2D eigenvalue weighted by molar-refractivity contribution is 0.00534. The van der Waals surface area contributed by atoms with Gasteiger partial charge >= 0.3 is 7.82 Å². The molecule has 0 spiro atoms. The first-order valence-corrected chi connectivity index (χ1v) is 18.2. The fourth-order valence-corrected chi connectivity index (χ4v) is 6.46. The summed E-state index contributed by atoms with van der Waals surface area (Å²) in [6, 6.07) is 0. The van der Waals surface area contributed by atoms with Crippen molar-refractivity contribution in [3.63, 3.8) is 0 Å². The van der Waals surface area contributed by atoms with Crippen molar-refractivity contribution >= 4 is 7.82 Å². The van der Waals surface area contributed by atoms with Crippen LogP contribution in [0.15, 0.2) is 0 Å². The highest BCUT2D eigenvalue weighted by Gasteiger charge is 2.36. The van der Waals surface area contributed by atoms with Crippen LogP contribution in [-0.4, -0.2) is 15.4 Å². The Hall–Kier alpha value is 0.110. The van der Waals surface area contributed by atoms with E-state index in [-0.39, 0.29) is 0 Å². The maximum atomic E-state index is 12.0. The Bertz CT molecular complexity index is 481. The fraction of sp³-hybridized carbons (Fsp3) is 1.00. The van der Waals surface area contributed by atoms with Gasteiger partial charge in [-0.05, 0) is 19.3 Å². The summed E-state index contributed by atoms with van der Waals surface area (Å²) in [7, 11) is -4.51. The molecule has 37 heavy (non-hydrogen) atoms. The first-order valence-electron chi connectivity index (χ1n) is 16.7. The molecule has 0 aromatic rings. The van der Waals surface area contributed by atoms with Gasteiger partial charge in [-0.1, -0.05) is 181 Å². The van der Waals surface area contributed by atoms with Crippen LogP contribution in [0.2, 0.25) is 0 Å². The summed E-state index contributed by atoms with van der Waals surface area (Å²) in [5.74, 6) is 0. The van der Waals surface area contributed by atoms with E-state index in [1.807, 2.05) is 0 Å². The monoisotopic (exact) mass is 546 g/mol. The van der Waals surface area contributed by atoms with Gasteiger partial charge in [0.1, 0.15) is 0 Å². The Balaban J connectivity index is 4.58. The second-order valence-corrected chi connectivity index (χ2v) is 13.0. The van der Waals surface area contributed by atoms with Gasteiger partial charge in [-0.25, -0.2) is 4.57 Å². The molecule has 0 saturated heterocycles. The third-order valence-corrected chi connectivity index (χ3v) is 8.65. The Morgan fingerprint density at radius 2 is 0.649 bits per heavy atom. The summed E-state index contributed by atoms with van der Waals surface area (Å²) >= 11 is 0. The molecule has 5 heteroatoms. The quantitative estimate of drug-likeness (QED) is 0.0694. The standard InChI is InChI=1S/C32H67O4P/c1-4-7-10-13-15-17-19-21-24-27-30-32(36-37(33,34)35,29-26-23-12-9-6-3)31-28-25-22-20-18-16-14-11-8-5-2/h4-31H2,1-3H3,(H2,33,34,35). The Morgan fingerprint density at radius 3 is 0.865 bits per heavy atom. The molecule has 4 nitrogen and oxygen atoms in total. The molecule has 0 rings (SSSR count). The zero-order chi connectivity index (χ0) is 27.5. The molecule has 0 aliphatic heterocycles. The Kier molecular flexibility index (Phi) is 26.4. The molecular weight excluding hydrogens is 479 g/mol. The third kappa shape index (κ3) is 26.1. The molecular formula is C32H67O4P. The lowest BCUT2D eigenvalue weighted by Gasteiger charge is -2.34. The zero-order valence-electron chi connectivity index (χ0n) is 25.5. The van der Waals surface area contributed by atoms with Crippen molar-refractivity contribution in [2.45, 2.75) is 206 Å². The summed E-state index contributed by atoms with van der Waals surface area (Å²) in [5.41, 5.74) is -0.647. The lowest BCUT2D eigenvalue weighted by atomic mass is 9.85. The number of unbranched alkanes of at least 4 members (excludes halogenated alkanes) is 22. The molecule has 0 aromatic heterocycles. The Morgan fingerprint density at radius 1 is 0.432 bits per heavy atom. The van der Waals surface area contributed by atoms with E-state index in [1.165, 1.54) is 122 Å². The van der Waals surface area contributed by atoms with Gasteiger partial charge in [-0.15, -0.1) is 0 Å². The molecule has 0 fully saturated rings. The van der Waals surface area contributed by atoms with Crippen molar-refractivity contribution in [2.75, 3.05) is 0 Å². The van der Waals surface area contributed by atoms with Crippen molar-refractivity contribution in [3.05, 3.63) is 0 Å². The summed E-state index contributed by atoms with van der Waals surface area (Å²) < 4.78 is 17.7. The SMILES string of the molecule is CCCCCCCCCCCCC(CCCCCCC)(CCCCCCCCCCCC)OP(=O)(O)O. The predicted molar refractivity (Wildman–Crippen MR) is 162 cm³/mol. The minimum atomic E-state index is -4.51. The van der Waals surface area contributed by atoms with Crippen LogP contribution in [-0.2, 0) is 9.09 Å². The molecule has 0 saturated carbocycles. The lowest BCUT2D eigenvalue weighted by Crippen LogP contribution is -2.32. The van der Waals surface area contributed by atoms with Crippen LogP contribution in [0, 0.1) is 0 Å². The van der Waals surface area contributed by atoms with Crippen LogP contribution in [0.5, 0.6) is 0 Å². The van der Waals surface area contributed by atoms with Crippen LogP contribution in [0.4, 0.5) is 0 Å². The van der Waals surface area contributed by atoms with Crippen molar-refractivity contribution in [1.29, 1.82) is 0 Å². The summed E-state index contributed by atoms with van der Waals surface area (Å²) in [4.78, 5) is 19.6. The minimum absolute atomic E-state index is 0.647. The minimum Gasteiger partial charge on any atom is -0.303 e. The van der Waals surface area contributed by atoms with Crippen LogP contribution in [0.1, 0.15) is 201 Å². The molecule has 0 aromatic carbocycles. The fourth-order valence-electron chi connectivity index (χ4n) is 5.68. The molecule has 0 aliphatic rings. The van der Waals surface area contributed by atoms with Gasteiger partial charge in [0, 0.05) is 0 Å². The van der Waals surface area contributed by atoms with E-state index in [9.17, 15) is 14.4 Å². The van der Waals surface area contributed by atoms with Gasteiger partial charge in [-0.3, -0.25) is 4.52 Å². The highest BCUT2D eigenvalue weighted by atomic mass is 31.2. The van der Waals surface area contributed by atoms with E-state index < -0.39 is 13.4 Å². The largest absolute Gasteiger partial charge is 0.470 e. The van der Waals surface area contributed by atoms with Gasteiger partial charge in [0.25, 0.3) is 0 Å². The van der Waals surface area contributed by atoms with Crippen LogP contribution in [0.3, 0.4) is 0 Å². The highest BCUT2D eigenvalue weighted by molar-refractivity contribution is 7.46. The van der Waals surface area contributed by atoms with Crippen LogP contribution < -0.4 is 0 Å². The van der Waals surface area contributed by atoms with Gasteiger partial charge in [-0.2, -0.15) is 0 Å². The normalized spacial score (nSPS) is 12.5. The first-order chi connectivity index (χ1) is 17.9. The van der Waals surface area contributed by atoms with E-state index in [1.54, 1.807) is 0 Å². The highest BCUT2D eigenvalue weighted by Crippen LogP contribution is 2.47. The van der Waals surface area contributed by atoms with Crippen molar-refractivity contribution in [3.8, 4) is 0 Å². The van der Waals surface area contributed by atoms with E-state index in [0.717, 1.165) is 57.8 Å². The third-order valence-electron chi connectivity index (χ3n) is 8.02. The van der Waals surface area contributed by atoms with E-state index in [4.69, 9.17) is 4.52 Å². The number of hydrogen-bond donors (Lipinski definition) is 2.